The summed E-state index contributed by atoms with van der Waals surface area (Å²) in [6.07, 6.45) is 12.6. The number of H-pyrrole nitrogens is 1. The summed E-state index contributed by atoms with van der Waals surface area (Å²) in [5, 5.41) is 11.6. The third-order valence-corrected chi connectivity index (χ3v) is 7.18. The molecule has 4 aromatic rings. The molecule has 1 saturated carbocycles. The second kappa shape index (κ2) is 12.1. The van der Waals surface area contributed by atoms with Crippen LogP contribution in [0.2, 0.25) is 5.02 Å². The summed E-state index contributed by atoms with van der Waals surface area (Å²) in [6.45, 7) is 2.89. The van der Waals surface area contributed by atoms with Crippen molar-refractivity contribution in [2.24, 2.45) is 0 Å². The van der Waals surface area contributed by atoms with Crippen molar-refractivity contribution in [1.29, 1.82) is 0 Å². The molecule has 2 heterocycles. The van der Waals surface area contributed by atoms with Gasteiger partial charge in [0.1, 0.15) is 0 Å². The van der Waals surface area contributed by atoms with Gasteiger partial charge in [0.25, 0.3) is 5.91 Å². The van der Waals surface area contributed by atoms with Crippen molar-refractivity contribution in [2.45, 2.75) is 51.1 Å². The molecule has 196 valence electrons. The Morgan fingerprint density at radius 2 is 1.92 bits per heavy atom. The zero-order valence-corrected chi connectivity index (χ0v) is 22.3. The van der Waals surface area contributed by atoms with Crippen LogP contribution in [0.3, 0.4) is 0 Å². The molecule has 8 heteroatoms. The van der Waals surface area contributed by atoms with E-state index < -0.39 is 0 Å². The zero-order valence-electron chi connectivity index (χ0n) is 21.5. The molecule has 0 spiro atoms. The van der Waals surface area contributed by atoms with Gasteiger partial charge in [-0.15, -0.1) is 0 Å². The predicted octanol–water partition coefficient (Wildman–Crippen LogP) is 6.81. The lowest BCUT2D eigenvalue weighted by atomic mass is 9.91. The van der Waals surface area contributed by atoms with E-state index in [0.717, 1.165) is 60.8 Å². The zero-order chi connectivity index (χ0) is 26.3. The Hall–Kier alpha value is -3.84. The molecule has 0 bridgehead atoms. The first-order valence-corrected chi connectivity index (χ1v) is 13.6. The molecule has 0 saturated heterocycles. The Kier molecular flexibility index (Phi) is 8.24. The monoisotopic (exact) mass is 528 g/mol. The minimum absolute atomic E-state index is 0.0440. The number of hydrogen-bond acceptors (Lipinski definition) is 5. The molecule has 4 N–H and O–H groups in total. The second-order valence-corrected chi connectivity index (χ2v) is 10.1. The van der Waals surface area contributed by atoms with Gasteiger partial charge in [0.2, 0.25) is 5.95 Å². The number of aromatic amines is 1. The summed E-state index contributed by atoms with van der Waals surface area (Å²) in [5.41, 5.74) is 4.34. The molecule has 1 aliphatic rings. The number of amides is 1. The van der Waals surface area contributed by atoms with E-state index in [9.17, 15) is 4.79 Å². The predicted molar refractivity (Wildman–Crippen MR) is 156 cm³/mol. The van der Waals surface area contributed by atoms with Crippen LogP contribution in [0.25, 0.3) is 22.2 Å². The largest absolute Gasteiger partial charge is 0.382 e. The number of carbonyl (C=O) groups excluding carboxylic acids is 1. The van der Waals surface area contributed by atoms with Crippen molar-refractivity contribution in [1.82, 2.24) is 20.3 Å². The van der Waals surface area contributed by atoms with Crippen LogP contribution in [0.15, 0.2) is 73.1 Å². The fourth-order valence-corrected chi connectivity index (χ4v) is 5.16. The third-order valence-electron chi connectivity index (χ3n) is 6.90. The van der Waals surface area contributed by atoms with Gasteiger partial charge in [0.05, 0.1) is 16.9 Å². The highest BCUT2D eigenvalue weighted by molar-refractivity contribution is 6.33. The Morgan fingerprint density at radius 1 is 1.11 bits per heavy atom. The molecule has 2 atom stereocenters. The van der Waals surface area contributed by atoms with Gasteiger partial charge in [-0.05, 0) is 62.4 Å². The molecule has 0 radical (unpaired) electrons. The standard InChI is InChI=1S/C30H33ClN6O/c1-2-3-6-16-32-21-14-12-20(13-15-21)29(38)35-22-8-7-9-23(17-22)36-30-34-19-26(31)28(37-30)25-18-33-27-11-5-4-10-24(25)27/h3-6,10-15,18-19,22-23,32-33H,2,7-9,16-17H2,1H3,(H,35,38)(H,34,36,37). The Morgan fingerprint density at radius 3 is 2.76 bits per heavy atom. The Labute approximate surface area is 228 Å². The summed E-state index contributed by atoms with van der Waals surface area (Å²) in [5.74, 6) is 0.501. The quantitative estimate of drug-likeness (QED) is 0.179. The van der Waals surface area contributed by atoms with Crippen LogP contribution in [0.1, 0.15) is 49.4 Å². The number of hydrogen-bond donors (Lipinski definition) is 4. The Balaban J connectivity index is 1.20. The highest BCUT2D eigenvalue weighted by Crippen LogP contribution is 2.32. The lowest BCUT2D eigenvalue weighted by Crippen LogP contribution is -2.42. The first kappa shape index (κ1) is 25.8. The number of aromatic nitrogens is 3. The number of carbonyl (C=O) groups is 1. The normalized spacial score (nSPS) is 17.5. The van der Waals surface area contributed by atoms with Gasteiger partial charge in [-0.3, -0.25) is 4.79 Å². The van der Waals surface area contributed by atoms with Crippen molar-refractivity contribution in [2.75, 3.05) is 17.2 Å². The highest BCUT2D eigenvalue weighted by Gasteiger charge is 2.25. The molecule has 2 aromatic carbocycles. The van der Waals surface area contributed by atoms with E-state index in [0.29, 0.717) is 22.2 Å². The molecule has 7 nitrogen and oxygen atoms in total. The van der Waals surface area contributed by atoms with Crippen LogP contribution >= 0.6 is 11.6 Å². The summed E-state index contributed by atoms with van der Waals surface area (Å²) < 4.78 is 0. The van der Waals surface area contributed by atoms with Crippen molar-refractivity contribution in [3.05, 3.63) is 83.7 Å². The van der Waals surface area contributed by atoms with Crippen LogP contribution in [0.5, 0.6) is 0 Å². The summed E-state index contributed by atoms with van der Waals surface area (Å²) in [6, 6.07) is 16.0. The molecule has 2 unspecified atom stereocenters. The molecular weight excluding hydrogens is 496 g/mol. The minimum atomic E-state index is -0.0440. The molecule has 2 aromatic heterocycles. The van der Waals surface area contributed by atoms with Gasteiger partial charge in [0, 0.05) is 52.5 Å². The lowest BCUT2D eigenvalue weighted by molar-refractivity contribution is 0.0926. The van der Waals surface area contributed by atoms with E-state index in [1.807, 2.05) is 48.7 Å². The van der Waals surface area contributed by atoms with Crippen molar-refractivity contribution in [3.8, 4) is 11.3 Å². The average Bonchev–Trinajstić information content (AvgIpc) is 3.37. The summed E-state index contributed by atoms with van der Waals surface area (Å²) in [4.78, 5) is 25.4. The van der Waals surface area contributed by atoms with E-state index in [1.165, 1.54) is 0 Å². The molecule has 1 amide bonds. The van der Waals surface area contributed by atoms with Crippen molar-refractivity contribution >= 4 is 40.0 Å². The first-order chi connectivity index (χ1) is 18.6. The number of para-hydroxylation sites is 1. The number of halogens is 1. The summed E-state index contributed by atoms with van der Waals surface area (Å²) >= 11 is 6.50. The van der Waals surface area contributed by atoms with Gasteiger partial charge in [0.15, 0.2) is 0 Å². The number of nitrogens with zero attached hydrogens (tertiary/aromatic N) is 2. The van der Waals surface area contributed by atoms with E-state index in [-0.39, 0.29) is 18.0 Å². The van der Waals surface area contributed by atoms with E-state index >= 15 is 0 Å². The number of nitrogens with one attached hydrogen (secondary N) is 4. The fraction of sp³-hybridized carbons (Fsp3) is 0.300. The van der Waals surface area contributed by atoms with E-state index in [1.54, 1.807) is 6.20 Å². The maximum atomic E-state index is 12.9. The van der Waals surface area contributed by atoms with Gasteiger partial charge in [-0.1, -0.05) is 48.9 Å². The summed E-state index contributed by atoms with van der Waals surface area (Å²) in [7, 11) is 0. The SMILES string of the molecule is CCC=CCNc1ccc(C(=O)NC2CCCC(Nc3ncc(Cl)c(-c4c[nH]c5ccccc45)n3)C2)cc1. The van der Waals surface area contributed by atoms with E-state index in [4.69, 9.17) is 16.6 Å². The highest BCUT2D eigenvalue weighted by atomic mass is 35.5. The minimum Gasteiger partial charge on any atom is -0.382 e. The van der Waals surface area contributed by atoms with Crippen molar-refractivity contribution < 1.29 is 4.79 Å². The van der Waals surface area contributed by atoms with Gasteiger partial charge < -0.3 is 20.9 Å². The van der Waals surface area contributed by atoms with Crippen LogP contribution < -0.4 is 16.0 Å². The topological polar surface area (TPSA) is 94.7 Å². The molecule has 1 aliphatic carbocycles. The fourth-order valence-electron chi connectivity index (χ4n) is 4.96. The molecule has 1 fully saturated rings. The van der Waals surface area contributed by atoms with Crippen LogP contribution in [0, 0.1) is 0 Å². The smallest absolute Gasteiger partial charge is 0.251 e. The van der Waals surface area contributed by atoms with Gasteiger partial charge in [-0.2, -0.15) is 0 Å². The molecule has 5 rings (SSSR count). The maximum absolute atomic E-state index is 12.9. The first-order valence-electron chi connectivity index (χ1n) is 13.3. The average molecular weight is 529 g/mol. The lowest BCUT2D eigenvalue weighted by Gasteiger charge is -2.30. The number of fused-ring (bicyclic) bond motifs is 1. The number of rotatable bonds is 9. The maximum Gasteiger partial charge on any atom is 0.251 e. The number of allylic oxidation sites excluding steroid dienone is 1. The van der Waals surface area contributed by atoms with Gasteiger partial charge in [-0.25, -0.2) is 9.97 Å². The second-order valence-electron chi connectivity index (χ2n) is 9.65. The molecule has 38 heavy (non-hydrogen) atoms. The Bertz CT molecular complexity index is 1410. The molecule has 0 aliphatic heterocycles. The van der Waals surface area contributed by atoms with E-state index in [2.05, 4.69) is 51.1 Å². The van der Waals surface area contributed by atoms with Crippen LogP contribution in [-0.2, 0) is 0 Å². The number of benzene rings is 2. The van der Waals surface area contributed by atoms with Crippen LogP contribution in [-0.4, -0.2) is 39.5 Å². The van der Waals surface area contributed by atoms with Gasteiger partial charge >= 0.3 is 0 Å². The molecular formula is C30H33ClN6O. The van der Waals surface area contributed by atoms with Crippen LogP contribution in [0.4, 0.5) is 11.6 Å². The third kappa shape index (κ3) is 6.17. The number of anilines is 2. The van der Waals surface area contributed by atoms with Crippen molar-refractivity contribution in [3.63, 3.8) is 0 Å².